The van der Waals surface area contributed by atoms with Crippen molar-refractivity contribution in [1.82, 2.24) is 5.32 Å². The summed E-state index contributed by atoms with van der Waals surface area (Å²) in [6, 6.07) is 7.50. The summed E-state index contributed by atoms with van der Waals surface area (Å²) >= 11 is 0. The molecule has 0 saturated carbocycles. The first-order valence-electron chi connectivity index (χ1n) is 7.05. The van der Waals surface area contributed by atoms with Crippen LogP contribution in [0.25, 0.3) is 5.57 Å². The van der Waals surface area contributed by atoms with Gasteiger partial charge in [-0.3, -0.25) is 0 Å². The molecule has 3 rings (SSSR count). The summed E-state index contributed by atoms with van der Waals surface area (Å²) in [4.78, 5) is 0. The molecule has 1 atom stereocenters. The number of rotatable bonds is 4. The summed E-state index contributed by atoms with van der Waals surface area (Å²) < 4.78 is 0. The Balaban J connectivity index is 1.78. The highest BCUT2D eigenvalue weighted by atomic mass is 14.9. The zero-order chi connectivity index (χ0) is 12.5. The van der Waals surface area contributed by atoms with Crippen molar-refractivity contribution in [1.29, 1.82) is 0 Å². The molecule has 1 aromatic rings. The van der Waals surface area contributed by atoms with Gasteiger partial charge in [0, 0.05) is 6.04 Å². The Labute approximate surface area is 109 Å². The summed E-state index contributed by atoms with van der Waals surface area (Å²) in [7, 11) is 0. The van der Waals surface area contributed by atoms with Gasteiger partial charge in [0.25, 0.3) is 0 Å². The highest BCUT2D eigenvalue weighted by Crippen LogP contribution is 2.43. The number of nitrogens with two attached hydrogens (primary N) is 1. The van der Waals surface area contributed by atoms with Crippen LogP contribution in [0.5, 0.6) is 0 Å². The molecule has 2 aliphatic carbocycles. The normalized spacial score (nSPS) is 21.3. The predicted molar refractivity (Wildman–Crippen MR) is 76.5 cm³/mol. The van der Waals surface area contributed by atoms with E-state index in [9.17, 15) is 0 Å². The zero-order valence-electron chi connectivity index (χ0n) is 11.1. The summed E-state index contributed by atoms with van der Waals surface area (Å²) in [5.74, 6) is 0. The van der Waals surface area contributed by atoms with Gasteiger partial charge in [0.15, 0.2) is 0 Å². The maximum atomic E-state index is 5.55. The molecule has 0 bridgehead atoms. The van der Waals surface area contributed by atoms with Crippen LogP contribution in [0, 0.1) is 6.92 Å². The van der Waals surface area contributed by atoms with Gasteiger partial charge >= 0.3 is 0 Å². The van der Waals surface area contributed by atoms with E-state index in [1.807, 2.05) is 0 Å². The van der Waals surface area contributed by atoms with E-state index in [-0.39, 0.29) is 0 Å². The number of aryl methyl sites for hydroxylation is 1. The SMILES string of the molecule is Cc1ccc2c(c1)C1=C(C2)C(NCCCN)CC1. The molecule has 0 spiro atoms. The van der Waals surface area contributed by atoms with E-state index in [4.69, 9.17) is 5.73 Å². The molecule has 0 aliphatic heterocycles. The number of benzene rings is 1. The summed E-state index contributed by atoms with van der Waals surface area (Å²) in [6.07, 6.45) is 4.74. The minimum atomic E-state index is 0.597. The van der Waals surface area contributed by atoms with Gasteiger partial charge < -0.3 is 11.1 Å². The second kappa shape index (κ2) is 4.87. The third kappa shape index (κ3) is 2.00. The summed E-state index contributed by atoms with van der Waals surface area (Å²) in [5.41, 5.74) is 13.2. The van der Waals surface area contributed by atoms with Gasteiger partial charge in [-0.2, -0.15) is 0 Å². The Morgan fingerprint density at radius 1 is 1.39 bits per heavy atom. The molecular formula is C16H22N2. The van der Waals surface area contributed by atoms with Crippen molar-refractivity contribution in [2.45, 2.75) is 38.6 Å². The van der Waals surface area contributed by atoms with Crippen molar-refractivity contribution >= 4 is 5.57 Å². The Hall–Kier alpha value is -1.12. The molecule has 0 aromatic heterocycles. The lowest BCUT2D eigenvalue weighted by molar-refractivity contribution is 0.547. The van der Waals surface area contributed by atoms with Crippen molar-refractivity contribution in [3.05, 3.63) is 40.5 Å². The first-order chi connectivity index (χ1) is 8.79. The Morgan fingerprint density at radius 3 is 3.11 bits per heavy atom. The molecule has 0 fully saturated rings. The van der Waals surface area contributed by atoms with Crippen LogP contribution < -0.4 is 11.1 Å². The van der Waals surface area contributed by atoms with Crippen molar-refractivity contribution < 1.29 is 0 Å². The fraction of sp³-hybridized carbons (Fsp3) is 0.500. The van der Waals surface area contributed by atoms with E-state index < -0.39 is 0 Å². The van der Waals surface area contributed by atoms with Crippen LogP contribution >= 0.6 is 0 Å². The number of allylic oxidation sites excluding steroid dienone is 1. The summed E-state index contributed by atoms with van der Waals surface area (Å²) in [6.45, 7) is 4.02. The standard InChI is InChI=1S/C16H22N2/c1-11-3-4-12-10-15-13(14(12)9-11)5-6-16(15)18-8-2-7-17/h3-4,9,16,18H,2,5-8,10,17H2,1H3. The second-order valence-corrected chi connectivity index (χ2v) is 5.53. The maximum Gasteiger partial charge on any atom is 0.0291 e. The third-order valence-corrected chi connectivity index (χ3v) is 4.23. The van der Waals surface area contributed by atoms with E-state index in [1.165, 1.54) is 29.5 Å². The molecule has 2 aliphatic rings. The zero-order valence-corrected chi connectivity index (χ0v) is 11.1. The largest absolute Gasteiger partial charge is 0.330 e. The molecule has 0 saturated heterocycles. The monoisotopic (exact) mass is 242 g/mol. The first kappa shape index (κ1) is 11.9. The van der Waals surface area contributed by atoms with Gasteiger partial charge in [-0.25, -0.2) is 0 Å². The van der Waals surface area contributed by atoms with Crippen molar-refractivity contribution in [2.75, 3.05) is 13.1 Å². The highest BCUT2D eigenvalue weighted by molar-refractivity contribution is 5.79. The number of hydrogen-bond donors (Lipinski definition) is 2. The van der Waals surface area contributed by atoms with E-state index in [0.717, 1.165) is 25.9 Å². The van der Waals surface area contributed by atoms with E-state index in [0.29, 0.717) is 6.04 Å². The average molecular weight is 242 g/mol. The molecule has 0 radical (unpaired) electrons. The van der Waals surface area contributed by atoms with Gasteiger partial charge in [0.2, 0.25) is 0 Å². The van der Waals surface area contributed by atoms with Crippen LogP contribution in [-0.4, -0.2) is 19.1 Å². The van der Waals surface area contributed by atoms with Gasteiger partial charge in [-0.1, -0.05) is 23.8 Å². The highest BCUT2D eigenvalue weighted by Gasteiger charge is 2.31. The van der Waals surface area contributed by atoms with Crippen LogP contribution in [0.15, 0.2) is 23.8 Å². The van der Waals surface area contributed by atoms with Crippen molar-refractivity contribution in [3.63, 3.8) is 0 Å². The number of fused-ring (bicyclic) bond motifs is 2. The van der Waals surface area contributed by atoms with Gasteiger partial charge in [0.05, 0.1) is 0 Å². The fourth-order valence-corrected chi connectivity index (χ4v) is 3.31. The molecule has 0 heterocycles. The minimum absolute atomic E-state index is 0.597. The van der Waals surface area contributed by atoms with Crippen LogP contribution in [0.1, 0.15) is 36.0 Å². The smallest absolute Gasteiger partial charge is 0.0291 e. The second-order valence-electron chi connectivity index (χ2n) is 5.53. The van der Waals surface area contributed by atoms with Gasteiger partial charge in [-0.15, -0.1) is 0 Å². The lowest BCUT2D eigenvalue weighted by Crippen LogP contribution is -2.31. The maximum absolute atomic E-state index is 5.55. The summed E-state index contributed by atoms with van der Waals surface area (Å²) in [5, 5.41) is 3.67. The molecule has 2 heteroatoms. The Kier molecular flexibility index (Phi) is 3.23. The molecule has 0 amide bonds. The quantitative estimate of drug-likeness (QED) is 0.796. The Morgan fingerprint density at radius 2 is 2.28 bits per heavy atom. The average Bonchev–Trinajstić information content (AvgIpc) is 2.90. The molecule has 2 nitrogen and oxygen atoms in total. The molecule has 96 valence electrons. The molecule has 1 unspecified atom stereocenters. The van der Waals surface area contributed by atoms with Gasteiger partial charge in [-0.05, 0) is 68.0 Å². The van der Waals surface area contributed by atoms with Crippen LogP contribution in [0.2, 0.25) is 0 Å². The topological polar surface area (TPSA) is 38.0 Å². The van der Waals surface area contributed by atoms with Crippen molar-refractivity contribution in [3.8, 4) is 0 Å². The van der Waals surface area contributed by atoms with E-state index in [2.05, 4.69) is 30.4 Å². The molecule has 1 aromatic carbocycles. The fourth-order valence-electron chi connectivity index (χ4n) is 3.31. The predicted octanol–water partition coefficient (Wildman–Crippen LogP) is 2.41. The first-order valence-corrected chi connectivity index (χ1v) is 7.05. The number of hydrogen-bond acceptors (Lipinski definition) is 2. The Bertz CT molecular complexity index is 488. The van der Waals surface area contributed by atoms with Gasteiger partial charge in [0.1, 0.15) is 0 Å². The lowest BCUT2D eigenvalue weighted by Gasteiger charge is -2.15. The lowest BCUT2D eigenvalue weighted by atomic mass is 10.00. The molecule has 3 N–H and O–H groups in total. The van der Waals surface area contributed by atoms with Crippen LogP contribution in [-0.2, 0) is 6.42 Å². The molecule has 18 heavy (non-hydrogen) atoms. The minimum Gasteiger partial charge on any atom is -0.330 e. The van der Waals surface area contributed by atoms with E-state index in [1.54, 1.807) is 11.1 Å². The van der Waals surface area contributed by atoms with Crippen LogP contribution in [0.3, 0.4) is 0 Å². The number of nitrogens with one attached hydrogen (secondary N) is 1. The molecular weight excluding hydrogens is 220 g/mol. The van der Waals surface area contributed by atoms with E-state index >= 15 is 0 Å². The van der Waals surface area contributed by atoms with Crippen molar-refractivity contribution in [2.24, 2.45) is 5.73 Å². The third-order valence-electron chi connectivity index (χ3n) is 4.23. The van der Waals surface area contributed by atoms with Crippen LogP contribution in [0.4, 0.5) is 0 Å².